The average molecular weight is 303 g/mol. The molecule has 1 heterocycles. The maximum Gasteiger partial charge on any atom is 0.240 e. The van der Waals surface area contributed by atoms with Gasteiger partial charge in [-0.3, -0.25) is 4.79 Å². The minimum atomic E-state index is -3.44. The SMILES string of the molecule is CNS(=O)(=O)c1ccc(N2CC(CCl)CC2=O)cc1. The minimum absolute atomic E-state index is 0.0230. The van der Waals surface area contributed by atoms with Crippen LogP contribution in [-0.4, -0.2) is 33.8 Å². The van der Waals surface area contributed by atoms with Crippen molar-refractivity contribution in [2.45, 2.75) is 11.3 Å². The van der Waals surface area contributed by atoms with Crippen LogP contribution in [0.4, 0.5) is 5.69 Å². The number of sulfonamides is 1. The van der Waals surface area contributed by atoms with Crippen LogP contribution < -0.4 is 9.62 Å². The van der Waals surface area contributed by atoms with Crippen molar-refractivity contribution >= 4 is 33.2 Å². The Labute approximate surface area is 117 Å². The number of hydrogen-bond donors (Lipinski definition) is 1. The Balaban J connectivity index is 2.22. The normalized spacial score (nSPS) is 20.0. The third kappa shape index (κ3) is 2.91. The fourth-order valence-electron chi connectivity index (χ4n) is 2.06. The molecule has 1 fully saturated rings. The fraction of sp³-hybridized carbons (Fsp3) is 0.417. The number of halogens is 1. The van der Waals surface area contributed by atoms with Crippen molar-refractivity contribution in [2.75, 3.05) is 24.4 Å². The molecule has 1 atom stereocenters. The molecule has 1 aromatic carbocycles. The zero-order chi connectivity index (χ0) is 14.0. The molecule has 7 heteroatoms. The van der Waals surface area contributed by atoms with E-state index in [1.54, 1.807) is 17.0 Å². The van der Waals surface area contributed by atoms with Crippen LogP contribution in [0.25, 0.3) is 0 Å². The molecular weight excluding hydrogens is 288 g/mol. The van der Waals surface area contributed by atoms with Crippen LogP contribution in [-0.2, 0) is 14.8 Å². The molecule has 0 spiro atoms. The van der Waals surface area contributed by atoms with Gasteiger partial charge in [-0.05, 0) is 37.2 Å². The summed E-state index contributed by atoms with van der Waals surface area (Å²) in [7, 11) is -2.08. The number of benzene rings is 1. The van der Waals surface area contributed by atoms with Gasteiger partial charge in [-0.2, -0.15) is 0 Å². The highest BCUT2D eigenvalue weighted by molar-refractivity contribution is 7.89. The number of alkyl halides is 1. The minimum Gasteiger partial charge on any atom is -0.312 e. The fourth-order valence-corrected chi connectivity index (χ4v) is 2.99. The summed E-state index contributed by atoms with van der Waals surface area (Å²) in [6.07, 6.45) is 0.445. The highest BCUT2D eigenvalue weighted by atomic mass is 35.5. The lowest BCUT2D eigenvalue weighted by molar-refractivity contribution is -0.117. The van der Waals surface area contributed by atoms with E-state index >= 15 is 0 Å². The van der Waals surface area contributed by atoms with E-state index in [-0.39, 0.29) is 16.7 Å². The van der Waals surface area contributed by atoms with Gasteiger partial charge in [-0.15, -0.1) is 11.6 Å². The first-order valence-electron chi connectivity index (χ1n) is 5.88. The first-order valence-corrected chi connectivity index (χ1v) is 7.89. The van der Waals surface area contributed by atoms with E-state index < -0.39 is 10.0 Å². The monoisotopic (exact) mass is 302 g/mol. The van der Waals surface area contributed by atoms with E-state index in [2.05, 4.69) is 4.72 Å². The Morgan fingerprint density at radius 1 is 1.37 bits per heavy atom. The van der Waals surface area contributed by atoms with Crippen LogP contribution >= 0.6 is 11.6 Å². The highest BCUT2D eigenvalue weighted by Gasteiger charge is 2.30. The van der Waals surface area contributed by atoms with Crippen LogP contribution in [0.1, 0.15) is 6.42 Å². The number of amides is 1. The summed E-state index contributed by atoms with van der Waals surface area (Å²) in [6.45, 7) is 0.584. The van der Waals surface area contributed by atoms with Gasteiger partial charge in [0.2, 0.25) is 15.9 Å². The average Bonchev–Trinajstić information content (AvgIpc) is 2.80. The standard InChI is InChI=1S/C12H15ClN2O3S/c1-14-19(17,18)11-4-2-10(3-5-11)15-8-9(7-13)6-12(15)16/h2-5,9,14H,6-8H2,1H3. The van der Waals surface area contributed by atoms with Gasteiger partial charge in [0.05, 0.1) is 4.90 Å². The number of carbonyl (C=O) groups excluding carboxylic acids is 1. The smallest absolute Gasteiger partial charge is 0.240 e. The number of carbonyl (C=O) groups is 1. The first kappa shape index (κ1) is 14.3. The Hall–Kier alpha value is -1.11. The largest absolute Gasteiger partial charge is 0.312 e. The summed E-state index contributed by atoms with van der Waals surface area (Å²) in [5.41, 5.74) is 0.702. The number of hydrogen-bond acceptors (Lipinski definition) is 3. The maximum atomic E-state index is 11.8. The van der Waals surface area contributed by atoms with E-state index in [1.807, 2.05) is 0 Å². The quantitative estimate of drug-likeness (QED) is 0.850. The van der Waals surface area contributed by atoms with Gasteiger partial charge in [0.25, 0.3) is 0 Å². The van der Waals surface area contributed by atoms with Crippen LogP contribution in [0, 0.1) is 5.92 Å². The van der Waals surface area contributed by atoms with E-state index in [0.29, 0.717) is 24.5 Å². The van der Waals surface area contributed by atoms with Gasteiger partial charge >= 0.3 is 0 Å². The zero-order valence-corrected chi connectivity index (χ0v) is 12.0. The topological polar surface area (TPSA) is 66.5 Å². The van der Waals surface area contributed by atoms with Crippen molar-refractivity contribution in [3.8, 4) is 0 Å². The summed E-state index contributed by atoms with van der Waals surface area (Å²) in [4.78, 5) is 13.6. The first-order chi connectivity index (χ1) is 8.97. The molecule has 0 bridgehead atoms. The zero-order valence-electron chi connectivity index (χ0n) is 10.5. The summed E-state index contributed by atoms with van der Waals surface area (Å²) in [6, 6.07) is 6.25. The molecule has 1 N–H and O–H groups in total. The van der Waals surface area contributed by atoms with Gasteiger partial charge in [0, 0.05) is 24.5 Å². The summed E-state index contributed by atoms with van der Waals surface area (Å²) >= 11 is 5.76. The second-order valence-electron chi connectivity index (χ2n) is 4.43. The number of rotatable bonds is 4. The number of anilines is 1. The molecule has 1 saturated heterocycles. The van der Waals surface area contributed by atoms with Crippen LogP contribution in [0.2, 0.25) is 0 Å². The van der Waals surface area contributed by atoms with E-state index in [0.717, 1.165) is 0 Å². The Morgan fingerprint density at radius 2 is 2.00 bits per heavy atom. The molecule has 2 rings (SSSR count). The van der Waals surface area contributed by atoms with Gasteiger partial charge in [-0.1, -0.05) is 0 Å². The van der Waals surface area contributed by atoms with Crippen LogP contribution in [0.5, 0.6) is 0 Å². The Kier molecular flexibility index (Phi) is 4.13. The molecule has 0 aliphatic carbocycles. The van der Waals surface area contributed by atoms with Crippen molar-refractivity contribution in [3.63, 3.8) is 0 Å². The predicted octanol–water partition coefficient (Wildman–Crippen LogP) is 1.19. The molecular formula is C12H15ClN2O3S. The molecule has 1 aliphatic heterocycles. The molecule has 0 aromatic heterocycles. The molecule has 5 nitrogen and oxygen atoms in total. The molecule has 0 radical (unpaired) electrons. The molecule has 19 heavy (non-hydrogen) atoms. The van der Waals surface area contributed by atoms with Crippen molar-refractivity contribution < 1.29 is 13.2 Å². The summed E-state index contributed by atoms with van der Waals surface area (Å²) in [5.74, 6) is 0.638. The van der Waals surface area contributed by atoms with E-state index in [9.17, 15) is 13.2 Å². The van der Waals surface area contributed by atoms with Gasteiger partial charge in [0.1, 0.15) is 0 Å². The predicted molar refractivity (Wildman–Crippen MR) is 73.9 cm³/mol. The Bertz CT molecular complexity index is 571. The third-order valence-corrected chi connectivity index (χ3v) is 5.02. The molecule has 1 amide bonds. The van der Waals surface area contributed by atoms with E-state index in [1.165, 1.54) is 19.2 Å². The lowest BCUT2D eigenvalue weighted by Gasteiger charge is -2.16. The van der Waals surface area contributed by atoms with E-state index in [4.69, 9.17) is 11.6 Å². The Morgan fingerprint density at radius 3 is 2.47 bits per heavy atom. The maximum absolute atomic E-state index is 11.8. The highest BCUT2D eigenvalue weighted by Crippen LogP contribution is 2.26. The van der Waals surface area contributed by atoms with Gasteiger partial charge < -0.3 is 4.90 Å². The van der Waals surface area contributed by atoms with Gasteiger partial charge in [-0.25, -0.2) is 13.1 Å². The lowest BCUT2D eigenvalue weighted by Crippen LogP contribution is -2.25. The second-order valence-corrected chi connectivity index (χ2v) is 6.63. The molecule has 0 saturated carbocycles. The van der Waals surface area contributed by atoms with Crippen molar-refractivity contribution in [1.82, 2.24) is 4.72 Å². The summed E-state index contributed by atoms with van der Waals surface area (Å²) < 4.78 is 25.4. The van der Waals surface area contributed by atoms with Crippen molar-refractivity contribution in [3.05, 3.63) is 24.3 Å². The second kappa shape index (κ2) is 5.48. The molecule has 1 aromatic rings. The lowest BCUT2D eigenvalue weighted by atomic mass is 10.1. The van der Waals surface area contributed by atoms with Crippen LogP contribution in [0.15, 0.2) is 29.2 Å². The molecule has 1 unspecified atom stereocenters. The third-order valence-electron chi connectivity index (χ3n) is 3.15. The molecule has 104 valence electrons. The van der Waals surface area contributed by atoms with Gasteiger partial charge in [0.15, 0.2) is 0 Å². The van der Waals surface area contributed by atoms with Crippen molar-refractivity contribution in [2.24, 2.45) is 5.92 Å². The number of nitrogens with one attached hydrogen (secondary N) is 1. The van der Waals surface area contributed by atoms with Crippen LogP contribution in [0.3, 0.4) is 0 Å². The summed E-state index contributed by atoms with van der Waals surface area (Å²) in [5, 5.41) is 0. The molecule has 1 aliphatic rings. The van der Waals surface area contributed by atoms with Crippen molar-refractivity contribution in [1.29, 1.82) is 0 Å². The number of nitrogens with zero attached hydrogens (tertiary/aromatic N) is 1.